The van der Waals surface area contributed by atoms with Crippen LogP contribution < -0.4 is 5.32 Å². The molecule has 1 aliphatic heterocycles. The van der Waals surface area contributed by atoms with E-state index in [-0.39, 0.29) is 11.8 Å². The molecule has 6 nitrogen and oxygen atoms in total. The summed E-state index contributed by atoms with van der Waals surface area (Å²) < 4.78 is 2.10. The SMILES string of the molecule is CC.CC.CC(C)=O.Cc1nnc2n1-c1ccccc1C(c1ccc(C#N)cc1)NC2. The quantitative estimate of drug-likeness (QED) is 0.579. The van der Waals surface area contributed by atoms with E-state index in [1.54, 1.807) is 0 Å². The molecular formula is C25H33N5O. The number of carbonyl (C=O) groups excluding carboxylic acids is 1. The van der Waals surface area contributed by atoms with Gasteiger partial charge in [0.15, 0.2) is 5.82 Å². The molecule has 0 saturated heterocycles. The average Bonchev–Trinajstić information content (AvgIpc) is 3.08. The highest BCUT2D eigenvalue weighted by Crippen LogP contribution is 2.31. The number of aromatic nitrogens is 3. The Balaban J connectivity index is 0.000000532. The van der Waals surface area contributed by atoms with Gasteiger partial charge < -0.3 is 4.79 Å². The number of carbonyl (C=O) groups is 1. The van der Waals surface area contributed by atoms with E-state index in [0.717, 1.165) is 22.9 Å². The number of ketones is 1. The van der Waals surface area contributed by atoms with Crippen LogP contribution in [-0.2, 0) is 11.3 Å². The highest BCUT2D eigenvalue weighted by Gasteiger charge is 2.24. The van der Waals surface area contributed by atoms with Gasteiger partial charge in [-0.15, -0.1) is 10.2 Å². The lowest BCUT2D eigenvalue weighted by molar-refractivity contribution is -0.114. The average molecular weight is 420 g/mol. The second-order valence-corrected chi connectivity index (χ2v) is 6.51. The van der Waals surface area contributed by atoms with Gasteiger partial charge in [-0.1, -0.05) is 58.0 Å². The summed E-state index contributed by atoms with van der Waals surface area (Å²) in [6, 6.07) is 18.2. The molecule has 164 valence electrons. The molecule has 4 rings (SSSR count). The third kappa shape index (κ3) is 6.59. The molecule has 0 saturated carbocycles. The fourth-order valence-electron chi connectivity index (χ4n) is 3.12. The maximum Gasteiger partial charge on any atom is 0.151 e. The molecule has 0 fully saturated rings. The molecule has 1 N–H and O–H groups in total. The van der Waals surface area contributed by atoms with Crippen molar-refractivity contribution in [1.82, 2.24) is 20.1 Å². The predicted octanol–water partition coefficient (Wildman–Crippen LogP) is 5.29. The minimum absolute atomic E-state index is 0.0556. The van der Waals surface area contributed by atoms with Gasteiger partial charge in [0.1, 0.15) is 11.6 Å². The van der Waals surface area contributed by atoms with Crippen LogP contribution in [0.25, 0.3) is 5.69 Å². The van der Waals surface area contributed by atoms with Crippen LogP contribution in [0.15, 0.2) is 48.5 Å². The molecule has 0 bridgehead atoms. The van der Waals surface area contributed by atoms with E-state index in [0.29, 0.717) is 12.1 Å². The van der Waals surface area contributed by atoms with Crippen LogP contribution in [0.2, 0.25) is 0 Å². The Bertz CT molecular complexity index is 995. The number of Topliss-reactive ketones (excluding diaryl/α,β-unsaturated/α-hetero) is 1. The molecule has 2 aromatic carbocycles. The summed E-state index contributed by atoms with van der Waals surface area (Å²) in [6.45, 7) is 13.7. The molecule has 3 aromatic rings. The maximum atomic E-state index is 9.44. The number of nitriles is 1. The van der Waals surface area contributed by atoms with E-state index in [2.05, 4.69) is 38.3 Å². The summed E-state index contributed by atoms with van der Waals surface area (Å²) in [5.41, 5.74) is 4.08. The highest BCUT2D eigenvalue weighted by atomic mass is 16.1. The van der Waals surface area contributed by atoms with Gasteiger partial charge in [-0.2, -0.15) is 5.26 Å². The molecule has 0 spiro atoms. The molecule has 1 atom stereocenters. The number of hydrogen-bond donors (Lipinski definition) is 1. The van der Waals surface area contributed by atoms with Gasteiger partial charge >= 0.3 is 0 Å². The molecule has 1 aliphatic rings. The van der Waals surface area contributed by atoms with Crippen molar-refractivity contribution in [2.24, 2.45) is 0 Å². The van der Waals surface area contributed by atoms with Crippen molar-refractivity contribution in [2.75, 3.05) is 0 Å². The zero-order valence-corrected chi connectivity index (χ0v) is 19.6. The summed E-state index contributed by atoms with van der Waals surface area (Å²) in [7, 11) is 0. The third-order valence-electron chi connectivity index (χ3n) is 4.22. The third-order valence-corrected chi connectivity index (χ3v) is 4.22. The molecule has 1 aromatic heterocycles. The van der Waals surface area contributed by atoms with E-state index >= 15 is 0 Å². The van der Waals surface area contributed by atoms with Gasteiger partial charge in [-0.3, -0.25) is 9.88 Å². The molecule has 0 aliphatic carbocycles. The number of aryl methyl sites for hydroxylation is 1. The van der Waals surface area contributed by atoms with E-state index in [4.69, 9.17) is 5.26 Å². The lowest BCUT2D eigenvalue weighted by Crippen LogP contribution is -2.21. The van der Waals surface area contributed by atoms with Crippen LogP contribution in [0.1, 0.15) is 75.9 Å². The van der Waals surface area contributed by atoms with E-state index in [1.807, 2.05) is 71.0 Å². The van der Waals surface area contributed by atoms with Crippen molar-refractivity contribution < 1.29 is 4.79 Å². The van der Waals surface area contributed by atoms with Crippen LogP contribution in [0.5, 0.6) is 0 Å². The molecule has 2 heterocycles. The topological polar surface area (TPSA) is 83.6 Å². The smallest absolute Gasteiger partial charge is 0.151 e. The Labute approximate surface area is 186 Å². The first-order chi connectivity index (χ1) is 15.0. The maximum absolute atomic E-state index is 9.44. The lowest BCUT2D eigenvalue weighted by Gasteiger charge is -2.19. The number of fused-ring (bicyclic) bond motifs is 3. The minimum atomic E-state index is 0.0556. The zero-order valence-electron chi connectivity index (χ0n) is 19.6. The van der Waals surface area contributed by atoms with Crippen molar-refractivity contribution in [1.29, 1.82) is 5.26 Å². The van der Waals surface area contributed by atoms with E-state index in [9.17, 15) is 4.79 Å². The standard InChI is InChI=1S/C18H15N5.C3H6O.2C2H6/c1-12-21-22-17-11-20-18(14-8-6-13(10-19)7-9-14)15-4-2-3-5-16(15)23(12)17;1-3(2)4;2*1-2/h2-9,18,20H,11H2,1H3;1-2H3;2*1-2H3. The summed E-state index contributed by atoms with van der Waals surface area (Å²) in [4.78, 5) is 9.44. The van der Waals surface area contributed by atoms with E-state index < -0.39 is 0 Å². The van der Waals surface area contributed by atoms with Crippen LogP contribution >= 0.6 is 0 Å². The molecule has 0 amide bonds. The number of para-hydroxylation sites is 1. The Morgan fingerprint density at radius 1 is 1.03 bits per heavy atom. The summed E-state index contributed by atoms with van der Waals surface area (Å²) in [6.07, 6.45) is 0. The van der Waals surface area contributed by atoms with Crippen molar-refractivity contribution in [3.63, 3.8) is 0 Å². The van der Waals surface area contributed by atoms with Gasteiger partial charge in [0, 0.05) is 0 Å². The summed E-state index contributed by atoms with van der Waals surface area (Å²) in [5.74, 6) is 1.96. The second kappa shape index (κ2) is 13.1. The predicted molar refractivity (Wildman–Crippen MR) is 125 cm³/mol. The number of rotatable bonds is 1. The lowest BCUT2D eigenvalue weighted by atomic mass is 9.96. The number of hydrogen-bond acceptors (Lipinski definition) is 5. The van der Waals surface area contributed by atoms with Gasteiger partial charge in [-0.25, -0.2) is 0 Å². The van der Waals surface area contributed by atoms with Crippen LogP contribution in [0, 0.1) is 18.3 Å². The van der Waals surface area contributed by atoms with Crippen LogP contribution in [0.4, 0.5) is 0 Å². The summed E-state index contributed by atoms with van der Waals surface area (Å²) >= 11 is 0. The number of nitrogens with one attached hydrogen (secondary N) is 1. The normalized spacial score (nSPS) is 13.2. The molecule has 6 heteroatoms. The van der Waals surface area contributed by atoms with Crippen molar-refractivity contribution >= 4 is 5.78 Å². The largest absolute Gasteiger partial charge is 0.300 e. The fraction of sp³-hybridized carbons (Fsp3) is 0.360. The first-order valence-corrected chi connectivity index (χ1v) is 10.7. The van der Waals surface area contributed by atoms with Gasteiger partial charge in [0.25, 0.3) is 0 Å². The molecule has 31 heavy (non-hydrogen) atoms. The Morgan fingerprint density at radius 3 is 2.19 bits per heavy atom. The van der Waals surface area contributed by atoms with Crippen molar-refractivity contribution in [3.8, 4) is 11.8 Å². The Kier molecular flexibility index (Phi) is 10.9. The Hall–Kier alpha value is -3.30. The van der Waals surface area contributed by atoms with Crippen LogP contribution in [0.3, 0.4) is 0 Å². The minimum Gasteiger partial charge on any atom is -0.300 e. The molecular weight excluding hydrogens is 386 g/mol. The van der Waals surface area contributed by atoms with Gasteiger partial charge in [0.05, 0.1) is 29.9 Å². The fourth-order valence-corrected chi connectivity index (χ4v) is 3.12. The highest BCUT2D eigenvalue weighted by molar-refractivity contribution is 5.72. The van der Waals surface area contributed by atoms with E-state index in [1.165, 1.54) is 19.4 Å². The van der Waals surface area contributed by atoms with Gasteiger partial charge in [-0.05, 0) is 50.1 Å². The number of benzene rings is 2. The first-order valence-electron chi connectivity index (χ1n) is 10.7. The van der Waals surface area contributed by atoms with Crippen molar-refractivity contribution in [3.05, 3.63) is 76.9 Å². The van der Waals surface area contributed by atoms with Crippen LogP contribution in [-0.4, -0.2) is 20.5 Å². The first kappa shape index (κ1) is 25.7. The Morgan fingerprint density at radius 2 is 1.61 bits per heavy atom. The molecule has 0 radical (unpaired) electrons. The van der Waals surface area contributed by atoms with Gasteiger partial charge in [0.2, 0.25) is 0 Å². The number of nitrogens with zero attached hydrogens (tertiary/aromatic N) is 4. The summed E-state index contributed by atoms with van der Waals surface area (Å²) in [5, 5.41) is 21.0. The van der Waals surface area contributed by atoms with Crippen molar-refractivity contribution in [2.45, 2.75) is 61.1 Å². The zero-order chi connectivity index (χ0) is 23.4. The second-order valence-electron chi connectivity index (χ2n) is 6.51. The molecule has 1 unspecified atom stereocenters. The monoisotopic (exact) mass is 419 g/mol.